The van der Waals surface area contributed by atoms with Gasteiger partial charge < -0.3 is 15.4 Å². The predicted octanol–water partition coefficient (Wildman–Crippen LogP) is 1.47. The van der Waals surface area contributed by atoms with E-state index in [4.69, 9.17) is 10.5 Å². The van der Waals surface area contributed by atoms with Crippen molar-refractivity contribution >= 4 is 0 Å². The van der Waals surface area contributed by atoms with Crippen LogP contribution in [0.5, 0.6) is 0 Å². The zero-order chi connectivity index (χ0) is 11.3. The van der Waals surface area contributed by atoms with Crippen LogP contribution < -0.4 is 5.73 Å². The first-order valence-corrected chi connectivity index (χ1v) is 6.15. The highest BCUT2D eigenvalue weighted by atomic mass is 16.5. The number of ether oxygens (including phenoxy) is 1. The molecule has 2 N–H and O–H groups in total. The Balaban J connectivity index is 2.23. The highest BCUT2D eigenvalue weighted by Crippen LogP contribution is 2.22. The number of likely N-dealkylation sites (tertiary alicyclic amines) is 1. The number of piperidine rings is 1. The van der Waals surface area contributed by atoms with E-state index in [9.17, 15) is 0 Å². The van der Waals surface area contributed by atoms with E-state index in [1.54, 1.807) is 7.11 Å². The monoisotopic (exact) mass is 214 g/mol. The van der Waals surface area contributed by atoms with Crippen LogP contribution in [-0.4, -0.2) is 43.8 Å². The first-order valence-electron chi connectivity index (χ1n) is 6.15. The fourth-order valence-electron chi connectivity index (χ4n) is 2.35. The number of nitrogens with two attached hydrogens (primary N) is 1. The average molecular weight is 214 g/mol. The molecule has 1 fully saturated rings. The Morgan fingerprint density at radius 1 is 1.33 bits per heavy atom. The molecule has 0 amide bonds. The molecular formula is C12H26N2O. The van der Waals surface area contributed by atoms with Gasteiger partial charge in [0, 0.05) is 25.8 Å². The minimum absolute atomic E-state index is 0.398. The molecule has 3 nitrogen and oxygen atoms in total. The number of rotatable bonds is 5. The second-order valence-corrected chi connectivity index (χ2v) is 4.79. The van der Waals surface area contributed by atoms with E-state index in [0.717, 1.165) is 13.0 Å². The Hall–Kier alpha value is -0.120. The third kappa shape index (κ3) is 3.74. The van der Waals surface area contributed by atoms with Crippen molar-refractivity contribution in [1.82, 2.24) is 4.90 Å². The normalized spacial score (nSPS) is 33.2. The molecule has 3 unspecified atom stereocenters. The molecule has 15 heavy (non-hydrogen) atoms. The Labute approximate surface area is 94.0 Å². The maximum Gasteiger partial charge on any atom is 0.0462 e. The number of unbranched alkanes of at least 4 members (excludes halogenated alkanes) is 1. The van der Waals surface area contributed by atoms with Crippen molar-refractivity contribution in [3.63, 3.8) is 0 Å². The summed E-state index contributed by atoms with van der Waals surface area (Å²) >= 11 is 0. The van der Waals surface area contributed by atoms with Gasteiger partial charge in [-0.25, -0.2) is 0 Å². The summed E-state index contributed by atoms with van der Waals surface area (Å²) in [6, 6.07) is 1.03. The molecule has 1 saturated heterocycles. The van der Waals surface area contributed by atoms with Gasteiger partial charge in [-0.3, -0.25) is 0 Å². The lowest BCUT2D eigenvalue weighted by Crippen LogP contribution is -2.51. The van der Waals surface area contributed by atoms with E-state index in [1.165, 1.54) is 25.9 Å². The number of hydrogen-bond donors (Lipinski definition) is 1. The summed E-state index contributed by atoms with van der Waals surface area (Å²) in [4.78, 5) is 2.57. The molecule has 0 saturated carbocycles. The summed E-state index contributed by atoms with van der Waals surface area (Å²) in [5.41, 5.74) is 6.06. The van der Waals surface area contributed by atoms with Gasteiger partial charge in [-0.2, -0.15) is 0 Å². The van der Waals surface area contributed by atoms with Crippen LogP contribution in [0.1, 0.15) is 33.1 Å². The van der Waals surface area contributed by atoms with Crippen LogP contribution in [0.2, 0.25) is 0 Å². The average Bonchev–Trinajstić information content (AvgIpc) is 2.24. The Morgan fingerprint density at radius 2 is 2.07 bits per heavy atom. The Morgan fingerprint density at radius 3 is 2.73 bits per heavy atom. The summed E-state index contributed by atoms with van der Waals surface area (Å²) in [6.07, 6.45) is 3.55. The second-order valence-electron chi connectivity index (χ2n) is 4.79. The summed E-state index contributed by atoms with van der Waals surface area (Å²) < 4.78 is 5.06. The molecule has 90 valence electrons. The highest BCUT2D eigenvalue weighted by molar-refractivity contribution is 4.86. The van der Waals surface area contributed by atoms with Crippen molar-refractivity contribution in [2.45, 2.75) is 45.2 Å². The molecule has 3 atom stereocenters. The highest BCUT2D eigenvalue weighted by Gasteiger charge is 2.29. The topological polar surface area (TPSA) is 38.5 Å². The molecule has 0 bridgehead atoms. The standard InChI is InChI=1S/C12H26N2O/c1-10-11(2)14(8-6-12(10)13)7-4-5-9-15-3/h10-12H,4-9,13H2,1-3H3. The van der Waals surface area contributed by atoms with E-state index >= 15 is 0 Å². The molecule has 1 aliphatic heterocycles. The third-order valence-electron chi connectivity index (χ3n) is 3.81. The van der Waals surface area contributed by atoms with E-state index in [-0.39, 0.29) is 0 Å². The third-order valence-corrected chi connectivity index (χ3v) is 3.81. The van der Waals surface area contributed by atoms with Gasteiger partial charge in [0.1, 0.15) is 0 Å². The molecule has 1 rings (SSSR count). The summed E-state index contributed by atoms with van der Waals surface area (Å²) in [7, 11) is 1.77. The lowest BCUT2D eigenvalue weighted by atomic mass is 9.87. The fourth-order valence-corrected chi connectivity index (χ4v) is 2.35. The summed E-state index contributed by atoms with van der Waals surface area (Å²) in [5, 5.41) is 0. The predicted molar refractivity (Wildman–Crippen MR) is 63.9 cm³/mol. The van der Waals surface area contributed by atoms with Crippen molar-refractivity contribution < 1.29 is 4.74 Å². The van der Waals surface area contributed by atoms with Crippen LogP contribution in [0.4, 0.5) is 0 Å². The van der Waals surface area contributed by atoms with Gasteiger partial charge >= 0.3 is 0 Å². The molecule has 3 heteroatoms. The number of hydrogen-bond acceptors (Lipinski definition) is 3. The van der Waals surface area contributed by atoms with Crippen LogP contribution >= 0.6 is 0 Å². The van der Waals surface area contributed by atoms with Gasteiger partial charge in [0.15, 0.2) is 0 Å². The zero-order valence-corrected chi connectivity index (χ0v) is 10.4. The number of methoxy groups -OCH3 is 1. The van der Waals surface area contributed by atoms with Gasteiger partial charge in [-0.15, -0.1) is 0 Å². The van der Waals surface area contributed by atoms with E-state index < -0.39 is 0 Å². The molecule has 0 aliphatic carbocycles. The van der Waals surface area contributed by atoms with Gasteiger partial charge in [0.25, 0.3) is 0 Å². The van der Waals surface area contributed by atoms with Gasteiger partial charge in [0.2, 0.25) is 0 Å². The zero-order valence-electron chi connectivity index (χ0n) is 10.4. The van der Waals surface area contributed by atoms with Crippen molar-refractivity contribution in [1.29, 1.82) is 0 Å². The minimum atomic E-state index is 0.398. The lowest BCUT2D eigenvalue weighted by molar-refractivity contribution is 0.0926. The van der Waals surface area contributed by atoms with Crippen LogP contribution in [0.15, 0.2) is 0 Å². The van der Waals surface area contributed by atoms with E-state index in [0.29, 0.717) is 18.0 Å². The lowest BCUT2D eigenvalue weighted by Gasteiger charge is -2.41. The summed E-state index contributed by atoms with van der Waals surface area (Å²) in [6.45, 7) is 7.83. The van der Waals surface area contributed by atoms with E-state index in [2.05, 4.69) is 18.7 Å². The first kappa shape index (κ1) is 12.9. The molecule has 0 spiro atoms. The number of nitrogens with zero attached hydrogens (tertiary/aromatic N) is 1. The first-order chi connectivity index (χ1) is 7.16. The quantitative estimate of drug-likeness (QED) is 0.704. The van der Waals surface area contributed by atoms with E-state index in [1.807, 2.05) is 0 Å². The molecule has 0 aromatic heterocycles. The molecule has 1 aliphatic rings. The van der Waals surface area contributed by atoms with Crippen molar-refractivity contribution in [2.24, 2.45) is 11.7 Å². The van der Waals surface area contributed by atoms with Crippen LogP contribution in [0, 0.1) is 5.92 Å². The van der Waals surface area contributed by atoms with Gasteiger partial charge in [0.05, 0.1) is 0 Å². The van der Waals surface area contributed by atoms with Crippen LogP contribution in [0.25, 0.3) is 0 Å². The maximum absolute atomic E-state index is 6.06. The second kappa shape index (κ2) is 6.46. The summed E-state index contributed by atoms with van der Waals surface area (Å²) in [5.74, 6) is 0.626. The molecule has 0 aromatic carbocycles. The minimum Gasteiger partial charge on any atom is -0.385 e. The van der Waals surface area contributed by atoms with Crippen molar-refractivity contribution in [3.05, 3.63) is 0 Å². The molecule has 0 aromatic rings. The van der Waals surface area contributed by atoms with Crippen molar-refractivity contribution in [2.75, 3.05) is 26.8 Å². The fraction of sp³-hybridized carbons (Fsp3) is 1.00. The molecular weight excluding hydrogens is 188 g/mol. The van der Waals surface area contributed by atoms with Crippen LogP contribution in [-0.2, 0) is 4.74 Å². The van der Waals surface area contributed by atoms with Gasteiger partial charge in [-0.05, 0) is 45.2 Å². The van der Waals surface area contributed by atoms with Crippen molar-refractivity contribution in [3.8, 4) is 0 Å². The maximum atomic E-state index is 6.06. The SMILES string of the molecule is COCCCCN1CCC(N)C(C)C1C. The molecule has 0 radical (unpaired) electrons. The Kier molecular flexibility index (Phi) is 5.58. The van der Waals surface area contributed by atoms with Gasteiger partial charge in [-0.1, -0.05) is 6.92 Å². The smallest absolute Gasteiger partial charge is 0.0462 e. The molecule has 1 heterocycles. The largest absolute Gasteiger partial charge is 0.385 e. The van der Waals surface area contributed by atoms with Crippen LogP contribution in [0.3, 0.4) is 0 Å². The Bertz CT molecular complexity index is 175.